The number of hydrogen-bond acceptors (Lipinski definition) is 4. The molecule has 0 aliphatic heterocycles. The van der Waals surface area contributed by atoms with E-state index in [2.05, 4.69) is 12.2 Å². The second-order valence-corrected chi connectivity index (χ2v) is 7.97. The third kappa shape index (κ3) is 8.44. The van der Waals surface area contributed by atoms with E-state index in [0.717, 1.165) is 24.0 Å². The Morgan fingerprint density at radius 2 is 1.64 bits per heavy atom. The highest BCUT2D eigenvalue weighted by atomic mass is 16.5. The van der Waals surface area contributed by atoms with E-state index in [0.29, 0.717) is 50.6 Å². The molecule has 1 atom stereocenters. The standard InChI is InChI=1S/C27H38N2O4/c1-5-8-18-28-27(31)21(4)29(20-23-12-10-9-11-13-23)26(30)17-15-22-14-16-24(32-6-2)25(19-22)33-7-3/h9-14,16,19,21H,5-8,15,17-18,20H2,1-4H3,(H,28,31)/t21-/m0/s1. The van der Waals surface area contributed by atoms with Crippen molar-refractivity contribution < 1.29 is 19.1 Å². The van der Waals surface area contributed by atoms with Crippen LogP contribution in [0.5, 0.6) is 11.5 Å². The molecule has 0 spiro atoms. The van der Waals surface area contributed by atoms with Crippen LogP contribution in [0.15, 0.2) is 48.5 Å². The van der Waals surface area contributed by atoms with E-state index in [1.54, 1.807) is 11.8 Å². The van der Waals surface area contributed by atoms with Gasteiger partial charge in [-0.25, -0.2) is 0 Å². The number of nitrogens with one attached hydrogen (secondary N) is 1. The first kappa shape index (κ1) is 26.2. The SMILES string of the molecule is CCCCNC(=O)[C@H](C)N(Cc1ccccc1)C(=O)CCc1ccc(OCC)c(OCC)c1. The maximum Gasteiger partial charge on any atom is 0.242 e. The van der Waals surface area contributed by atoms with E-state index in [-0.39, 0.29) is 11.8 Å². The molecule has 0 aliphatic carbocycles. The number of ether oxygens (including phenoxy) is 2. The van der Waals surface area contributed by atoms with Gasteiger partial charge < -0.3 is 19.7 Å². The van der Waals surface area contributed by atoms with Crippen LogP contribution in [0.4, 0.5) is 0 Å². The maximum atomic E-state index is 13.3. The summed E-state index contributed by atoms with van der Waals surface area (Å²) in [6.07, 6.45) is 2.79. The highest BCUT2D eigenvalue weighted by Gasteiger charge is 2.25. The second kappa shape index (κ2) is 14.2. The van der Waals surface area contributed by atoms with Gasteiger partial charge in [-0.2, -0.15) is 0 Å². The Labute approximate surface area is 198 Å². The molecular weight excluding hydrogens is 416 g/mol. The van der Waals surface area contributed by atoms with Crippen LogP contribution in [0.25, 0.3) is 0 Å². The minimum atomic E-state index is -0.547. The predicted molar refractivity (Wildman–Crippen MR) is 131 cm³/mol. The molecule has 0 aliphatic rings. The van der Waals surface area contributed by atoms with Crippen molar-refractivity contribution in [2.24, 2.45) is 0 Å². The smallest absolute Gasteiger partial charge is 0.242 e. The average Bonchev–Trinajstić information content (AvgIpc) is 2.83. The van der Waals surface area contributed by atoms with Crippen molar-refractivity contribution in [2.45, 2.75) is 66.0 Å². The molecule has 0 radical (unpaired) electrons. The van der Waals surface area contributed by atoms with Crippen LogP contribution in [-0.4, -0.2) is 42.5 Å². The van der Waals surface area contributed by atoms with Crippen LogP contribution in [0, 0.1) is 0 Å². The topological polar surface area (TPSA) is 67.9 Å². The lowest BCUT2D eigenvalue weighted by Crippen LogP contribution is -2.47. The molecule has 0 bridgehead atoms. The number of aryl methyl sites for hydroxylation is 1. The molecule has 180 valence electrons. The molecule has 6 heteroatoms. The van der Waals surface area contributed by atoms with Crippen LogP contribution in [-0.2, 0) is 22.6 Å². The van der Waals surface area contributed by atoms with Crippen molar-refractivity contribution in [3.63, 3.8) is 0 Å². The maximum absolute atomic E-state index is 13.3. The minimum Gasteiger partial charge on any atom is -0.490 e. The van der Waals surface area contributed by atoms with E-state index in [1.807, 2.05) is 62.4 Å². The van der Waals surface area contributed by atoms with Crippen molar-refractivity contribution >= 4 is 11.8 Å². The molecule has 1 N–H and O–H groups in total. The lowest BCUT2D eigenvalue weighted by atomic mass is 10.1. The first-order valence-electron chi connectivity index (χ1n) is 12.0. The molecule has 33 heavy (non-hydrogen) atoms. The number of amides is 2. The van der Waals surface area contributed by atoms with Crippen molar-refractivity contribution in [1.82, 2.24) is 10.2 Å². The van der Waals surface area contributed by atoms with Gasteiger partial charge in [0.2, 0.25) is 11.8 Å². The molecule has 6 nitrogen and oxygen atoms in total. The number of unbranched alkanes of at least 4 members (excludes halogenated alkanes) is 1. The molecule has 2 aromatic rings. The Hall–Kier alpha value is -3.02. The molecule has 0 aromatic heterocycles. The average molecular weight is 455 g/mol. The first-order chi connectivity index (χ1) is 16.0. The van der Waals surface area contributed by atoms with E-state index < -0.39 is 6.04 Å². The normalized spacial score (nSPS) is 11.5. The van der Waals surface area contributed by atoms with Gasteiger partial charge in [-0.05, 0) is 56.9 Å². The number of benzene rings is 2. The molecule has 0 saturated carbocycles. The third-order valence-corrected chi connectivity index (χ3v) is 5.43. The summed E-state index contributed by atoms with van der Waals surface area (Å²) in [7, 11) is 0. The highest BCUT2D eigenvalue weighted by Crippen LogP contribution is 2.29. The van der Waals surface area contributed by atoms with Crippen molar-refractivity contribution in [2.75, 3.05) is 19.8 Å². The van der Waals surface area contributed by atoms with Crippen LogP contribution in [0.2, 0.25) is 0 Å². The van der Waals surface area contributed by atoms with Gasteiger partial charge in [0.25, 0.3) is 0 Å². The van der Waals surface area contributed by atoms with E-state index in [4.69, 9.17) is 9.47 Å². The van der Waals surface area contributed by atoms with E-state index >= 15 is 0 Å². The number of nitrogens with zero attached hydrogens (tertiary/aromatic N) is 1. The number of rotatable bonds is 14. The van der Waals surface area contributed by atoms with Crippen molar-refractivity contribution in [3.8, 4) is 11.5 Å². The molecule has 0 heterocycles. The van der Waals surface area contributed by atoms with E-state index in [1.165, 1.54) is 0 Å². The molecule has 0 fully saturated rings. The lowest BCUT2D eigenvalue weighted by Gasteiger charge is -2.29. The molecule has 0 saturated heterocycles. The zero-order chi connectivity index (χ0) is 24.1. The van der Waals surface area contributed by atoms with Gasteiger partial charge in [0.15, 0.2) is 11.5 Å². The lowest BCUT2D eigenvalue weighted by molar-refractivity contribution is -0.140. The van der Waals surface area contributed by atoms with Gasteiger partial charge in [-0.3, -0.25) is 9.59 Å². The van der Waals surface area contributed by atoms with Crippen LogP contribution in [0.1, 0.15) is 58.1 Å². The van der Waals surface area contributed by atoms with Crippen LogP contribution in [0.3, 0.4) is 0 Å². The number of carbonyl (C=O) groups excluding carboxylic acids is 2. The Bertz CT molecular complexity index is 870. The van der Waals surface area contributed by atoms with Gasteiger partial charge >= 0.3 is 0 Å². The monoisotopic (exact) mass is 454 g/mol. The highest BCUT2D eigenvalue weighted by molar-refractivity contribution is 5.87. The van der Waals surface area contributed by atoms with Crippen molar-refractivity contribution in [1.29, 1.82) is 0 Å². The summed E-state index contributed by atoms with van der Waals surface area (Å²) < 4.78 is 11.3. The van der Waals surface area contributed by atoms with Crippen LogP contribution >= 0.6 is 0 Å². The second-order valence-electron chi connectivity index (χ2n) is 7.97. The Kier molecular flexibility index (Phi) is 11.3. The summed E-state index contributed by atoms with van der Waals surface area (Å²) in [4.78, 5) is 27.7. The quantitative estimate of drug-likeness (QED) is 0.418. The third-order valence-electron chi connectivity index (χ3n) is 5.43. The molecule has 0 unspecified atom stereocenters. The first-order valence-corrected chi connectivity index (χ1v) is 12.0. The Morgan fingerprint density at radius 1 is 0.939 bits per heavy atom. The van der Waals surface area contributed by atoms with Gasteiger partial charge in [0, 0.05) is 19.5 Å². The summed E-state index contributed by atoms with van der Waals surface area (Å²) in [5, 5.41) is 2.95. The molecular formula is C27H38N2O4. The number of carbonyl (C=O) groups is 2. The van der Waals surface area contributed by atoms with Crippen LogP contribution < -0.4 is 14.8 Å². The molecule has 2 aromatic carbocycles. The largest absolute Gasteiger partial charge is 0.490 e. The summed E-state index contributed by atoms with van der Waals surface area (Å²) >= 11 is 0. The van der Waals surface area contributed by atoms with Gasteiger partial charge in [-0.15, -0.1) is 0 Å². The van der Waals surface area contributed by atoms with Gasteiger partial charge in [0.1, 0.15) is 6.04 Å². The zero-order valence-electron chi connectivity index (χ0n) is 20.4. The van der Waals surface area contributed by atoms with Gasteiger partial charge in [0.05, 0.1) is 13.2 Å². The fourth-order valence-electron chi connectivity index (χ4n) is 3.54. The summed E-state index contributed by atoms with van der Waals surface area (Å²) in [6.45, 7) is 9.87. The number of hydrogen-bond donors (Lipinski definition) is 1. The summed E-state index contributed by atoms with van der Waals surface area (Å²) in [5.74, 6) is 1.22. The fraction of sp³-hybridized carbons (Fsp3) is 0.481. The van der Waals surface area contributed by atoms with E-state index in [9.17, 15) is 9.59 Å². The Balaban J connectivity index is 2.12. The predicted octanol–water partition coefficient (Wildman–Crippen LogP) is 4.75. The minimum absolute atomic E-state index is 0.0520. The molecule has 2 amide bonds. The molecule has 2 rings (SSSR count). The van der Waals surface area contributed by atoms with Gasteiger partial charge in [-0.1, -0.05) is 49.7 Å². The Morgan fingerprint density at radius 3 is 2.30 bits per heavy atom. The summed E-state index contributed by atoms with van der Waals surface area (Å²) in [5.41, 5.74) is 1.99. The summed E-state index contributed by atoms with van der Waals surface area (Å²) in [6, 6.07) is 15.0. The fourth-order valence-corrected chi connectivity index (χ4v) is 3.54. The zero-order valence-corrected chi connectivity index (χ0v) is 20.4. The van der Waals surface area contributed by atoms with Crippen molar-refractivity contribution in [3.05, 3.63) is 59.7 Å².